The van der Waals surface area contributed by atoms with Crippen molar-refractivity contribution in [3.63, 3.8) is 0 Å². The second-order valence-corrected chi connectivity index (χ2v) is 4.24. The van der Waals surface area contributed by atoms with Crippen molar-refractivity contribution in [3.05, 3.63) is 29.2 Å². The molecule has 14 heavy (non-hydrogen) atoms. The fourth-order valence-electron chi connectivity index (χ4n) is 1.13. The topological polar surface area (TPSA) is 56.2 Å². The van der Waals surface area contributed by atoms with Gasteiger partial charge in [0.2, 0.25) is 0 Å². The Labute approximate surface area is 86.7 Å². The highest BCUT2D eigenvalue weighted by atomic mass is 35.5. The van der Waals surface area contributed by atoms with Crippen LogP contribution in [-0.2, 0) is 5.54 Å². The van der Waals surface area contributed by atoms with Crippen LogP contribution >= 0.6 is 11.6 Å². The number of rotatable bonds is 1. The van der Waals surface area contributed by atoms with Gasteiger partial charge < -0.3 is 5.73 Å². The molecule has 0 atom stereocenters. The molecule has 0 aliphatic rings. The number of fused-ring (bicyclic) bond motifs is 1. The molecular formula is C9H11ClN4. The quantitative estimate of drug-likeness (QED) is 0.778. The van der Waals surface area contributed by atoms with Crippen LogP contribution in [0.5, 0.6) is 0 Å². The highest BCUT2D eigenvalue weighted by Gasteiger charge is 2.19. The lowest BCUT2D eigenvalue weighted by molar-refractivity contribution is 0.514. The van der Waals surface area contributed by atoms with Gasteiger partial charge in [0.05, 0.1) is 5.54 Å². The third-order valence-electron chi connectivity index (χ3n) is 1.88. The Balaban J connectivity index is 2.63. The summed E-state index contributed by atoms with van der Waals surface area (Å²) in [6.45, 7) is 3.73. The monoisotopic (exact) mass is 210 g/mol. The minimum absolute atomic E-state index is 0.529. The zero-order valence-electron chi connectivity index (χ0n) is 8.03. The summed E-state index contributed by atoms with van der Waals surface area (Å²) < 4.78 is 1.66. The Morgan fingerprint density at radius 1 is 1.50 bits per heavy atom. The van der Waals surface area contributed by atoms with Crippen LogP contribution in [0.2, 0.25) is 5.02 Å². The molecule has 0 aromatic carbocycles. The van der Waals surface area contributed by atoms with E-state index in [0.29, 0.717) is 16.5 Å². The average Bonchev–Trinajstić information content (AvgIpc) is 2.45. The number of halogens is 1. The highest BCUT2D eigenvalue weighted by molar-refractivity contribution is 6.30. The molecule has 0 amide bonds. The summed E-state index contributed by atoms with van der Waals surface area (Å²) in [6.07, 6.45) is 1.76. The molecule has 2 aromatic rings. The molecule has 0 bridgehead atoms. The fourth-order valence-corrected chi connectivity index (χ4v) is 1.28. The van der Waals surface area contributed by atoms with Crippen LogP contribution in [0.1, 0.15) is 19.7 Å². The Kier molecular flexibility index (Phi) is 1.97. The van der Waals surface area contributed by atoms with Crippen molar-refractivity contribution in [3.8, 4) is 0 Å². The van der Waals surface area contributed by atoms with Crippen molar-refractivity contribution >= 4 is 17.2 Å². The lowest BCUT2D eigenvalue weighted by Crippen LogP contribution is -2.30. The molecule has 0 saturated carbocycles. The molecule has 0 unspecified atom stereocenters. The molecule has 0 radical (unpaired) electrons. The molecule has 0 fully saturated rings. The molecule has 0 aliphatic heterocycles. The molecule has 2 heterocycles. The predicted octanol–water partition coefficient (Wildman–Crippen LogP) is 1.58. The molecule has 2 N–H and O–H groups in total. The van der Waals surface area contributed by atoms with Gasteiger partial charge >= 0.3 is 0 Å². The summed E-state index contributed by atoms with van der Waals surface area (Å²) in [5, 5.41) is 4.89. The number of nitrogens with two attached hydrogens (primary N) is 1. The summed E-state index contributed by atoms with van der Waals surface area (Å²) in [6, 6.07) is 3.51. The van der Waals surface area contributed by atoms with Crippen molar-refractivity contribution in [2.24, 2.45) is 5.73 Å². The first-order valence-electron chi connectivity index (χ1n) is 4.28. The van der Waals surface area contributed by atoms with Crippen molar-refractivity contribution in [1.82, 2.24) is 14.6 Å². The summed E-state index contributed by atoms with van der Waals surface area (Å²) in [5.74, 6) is 0.611. The average molecular weight is 211 g/mol. The molecule has 4 nitrogen and oxygen atoms in total. The first-order valence-corrected chi connectivity index (χ1v) is 4.66. The molecule has 5 heteroatoms. The molecule has 0 saturated heterocycles. The van der Waals surface area contributed by atoms with Gasteiger partial charge in [-0.2, -0.15) is 0 Å². The van der Waals surface area contributed by atoms with Gasteiger partial charge in [0.1, 0.15) is 0 Å². The van der Waals surface area contributed by atoms with E-state index in [9.17, 15) is 0 Å². The number of nitrogens with zero attached hydrogens (tertiary/aromatic N) is 3. The van der Waals surface area contributed by atoms with E-state index >= 15 is 0 Å². The van der Waals surface area contributed by atoms with Crippen LogP contribution in [-0.4, -0.2) is 14.6 Å². The van der Waals surface area contributed by atoms with Crippen molar-refractivity contribution < 1.29 is 0 Å². The van der Waals surface area contributed by atoms with E-state index in [1.165, 1.54) is 0 Å². The Hall–Kier alpha value is -1.13. The minimum atomic E-state index is -0.529. The van der Waals surface area contributed by atoms with E-state index in [2.05, 4.69) is 10.1 Å². The van der Waals surface area contributed by atoms with Crippen LogP contribution in [0, 0.1) is 0 Å². The summed E-state index contributed by atoms with van der Waals surface area (Å²) in [7, 11) is 0. The second-order valence-electron chi connectivity index (χ2n) is 3.80. The minimum Gasteiger partial charge on any atom is -0.319 e. The maximum Gasteiger partial charge on any atom is 0.170 e. The maximum absolute atomic E-state index is 5.89. The second kappa shape index (κ2) is 2.93. The molecule has 2 rings (SSSR count). The van der Waals surface area contributed by atoms with Crippen LogP contribution in [0.3, 0.4) is 0 Å². The standard InChI is InChI=1S/C9H11ClN4/c1-9(2,11)8-12-7-5-6(10)3-4-14(7)13-8/h3-5H,11H2,1-2H3. The number of hydrogen-bond acceptors (Lipinski definition) is 3. The van der Waals surface area contributed by atoms with Crippen LogP contribution < -0.4 is 5.73 Å². The summed E-state index contributed by atoms with van der Waals surface area (Å²) in [5.41, 5.74) is 6.07. The third kappa shape index (κ3) is 1.58. The van der Waals surface area contributed by atoms with Crippen molar-refractivity contribution in [1.29, 1.82) is 0 Å². The molecule has 0 spiro atoms. The lowest BCUT2D eigenvalue weighted by atomic mass is 10.1. The van der Waals surface area contributed by atoms with Crippen LogP contribution in [0.4, 0.5) is 0 Å². The van der Waals surface area contributed by atoms with Gasteiger partial charge in [-0.15, -0.1) is 5.10 Å². The summed E-state index contributed by atoms with van der Waals surface area (Å²) >= 11 is 5.83. The van der Waals surface area contributed by atoms with E-state index in [1.54, 1.807) is 22.8 Å². The number of pyridine rings is 1. The SMILES string of the molecule is CC(C)(N)c1nc2cc(Cl)ccn2n1. The van der Waals surface area contributed by atoms with Gasteiger partial charge in [0.25, 0.3) is 0 Å². The zero-order chi connectivity index (χ0) is 10.3. The van der Waals surface area contributed by atoms with E-state index in [-0.39, 0.29) is 0 Å². The van der Waals surface area contributed by atoms with Crippen molar-refractivity contribution in [2.75, 3.05) is 0 Å². The lowest BCUT2D eigenvalue weighted by Gasteiger charge is -2.12. The van der Waals surface area contributed by atoms with Crippen LogP contribution in [0.25, 0.3) is 5.65 Å². The zero-order valence-corrected chi connectivity index (χ0v) is 8.78. The van der Waals surface area contributed by atoms with Gasteiger partial charge in [-0.1, -0.05) is 11.6 Å². The fraction of sp³-hybridized carbons (Fsp3) is 0.333. The smallest absolute Gasteiger partial charge is 0.170 e. The van der Waals surface area contributed by atoms with Gasteiger partial charge in [0, 0.05) is 17.3 Å². The predicted molar refractivity (Wildman–Crippen MR) is 55.2 cm³/mol. The highest BCUT2D eigenvalue weighted by Crippen LogP contribution is 2.15. The molecule has 0 aliphatic carbocycles. The number of aromatic nitrogens is 3. The van der Waals surface area contributed by atoms with Gasteiger partial charge in [-0.3, -0.25) is 0 Å². The molecular weight excluding hydrogens is 200 g/mol. The Morgan fingerprint density at radius 3 is 2.86 bits per heavy atom. The maximum atomic E-state index is 5.89. The number of hydrogen-bond donors (Lipinski definition) is 1. The van der Waals surface area contributed by atoms with E-state index in [1.807, 2.05) is 13.8 Å². The molecule has 74 valence electrons. The first kappa shape index (κ1) is 9.43. The van der Waals surface area contributed by atoms with E-state index < -0.39 is 5.54 Å². The third-order valence-corrected chi connectivity index (χ3v) is 2.11. The first-order chi connectivity index (χ1) is 6.47. The molecule has 2 aromatic heterocycles. The van der Waals surface area contributed by atoms with E-state index in [0.717, 1.165) is 0 Å². The van der Waals surface area contributed by atoms with Gasteiger partial charge in [0.15, 0.2) is 11.5 Å². The van der Waals surface area contributed by atoms with Crippen LogP contribution in [0.15, 0.2) is 18.3 Å². The summed E-state index contributed by atoms with van der Waals surface area (Å²) in [4.78, 5) is 4.29. The van der Waals surface area contributed by atoms with E-state index in [4.69, 9.17) is 17.3 Å². The van der Waals surface area contributed by atoms with Gasteiger partial charge in [-0.05, 0) is 19.9 Å². The Bertz CT molecular complexity index is 469. The van der Waals surface area contributed by atoms with Gasteiger partial charge in [-0.25, -0.2) is 9.50 Å². The largest absolute Gasteiger partial charge is 0.319 e. The van der Waals surface area contributed by atoms with Crippen molar-refractivity contribution in [2.45, 2.75) is 19.4 Å². The normalized spacial score (nSPS) is 12.3. The Morgan fingerprint density at radius 2 is 2.21 bits per heavy atom.